The SMILES string of the molecule is N#CCc1ccnc(NCCCN2CCCC2)n1. The molecule has 0 bridgehead atoms. The number of hydrogen-bond acceptors (Lipinski definition) is 5. The smallest absolute Gasteiger partial charge is 0.222 e. The van der Waals surface area contributed by atoms with Crippen molar-refractivity contribution in [3.05, 3.63) is 18.0 Å². The first-order valence-corrected chi connectivity index (χ1v) is 6.53. The number of aromatic nitrogens is 2. The fourth-order valence-electron chi connectivity index (χ4n) is 2.17. The van der Waals surface area contributed by atoms with Gasteiger partial charge in [0.2, 0.25) is 5.95 Å². The van der Waals surface area contributed by atoms with Gasteiger partial charge in [-0.1, -0.05) is 0 Å². The molecule has 0 radical (unpaired) electrons. The van der Waals surface area contributed by atoms with Gasteiger partial charge in [-0.3, -0.25) is 0 Å². The zero-order chi connectivity index (χ0) is 12.6. The van der Waals surface area contributed by atoms with Crippen LogP contribution in [0.1, 0.15) is 25.0 Å². The predicted molar refractivity (Wildman–Crippen MR) is 70.1 cm³/mol. The van der Waals surface area contributed by atoms with Gasteiger partial charge in [0.15, 0.2) is 0 Å². The van der Waals surface area contributed by atoms with Crippen LogP contribution in [0.2, 0.25) is 0 Å². The van der Waals surface area contributed by atoms with Crippen molar-refractivity contribution in [1.82, 2.24) is 14.9 Å². The second kappa shape index (κ2) is 6.92. The summed E-state index contributed by atoms with van der Waals surface area (Å²) in [7, 11) is 0. The van der Waals surface area contributed by atoms with Crippen molar-refractivity contribution >= 4 is 5.95 Å². The molecule has 5 heteroatoms. The van der Waals surface area contributed by atoms with Crippen molar-refractivity contribution in [3.8, 4) is 6.07 Å². The van der Waals surface area contributed by atoms with E-state index in [1.807, 2.05) is 0 Å². The number of nitriles is 1. The summed E-state index contributed by atoms with van der Waals surface area (Å²) in [6.07, 6.45) is 5.82. The van der Waals surface area contributed by atoms with E-state index in [9.17, 15) is 0 Å². The van der Waals surface area contributed by atoms with Crippen LogP contribution in [0.4, 0.5) is 5.95 Å². The van der Waals surface area contributed by atoms with Gasteiger partial charge in [0.1, 0.15) is 0 Å². The van der Waals surface area contributed by atoms with Gasteiger partial charge in [0, 0.05) is 12.7 Å². The Morgan fingerprint density at radius 3 is 3.00 bits per heavy atom. The Morgan fingerprint density at radius 2 is 2.22 bits per heavy atom. The van der Waals surface area contributed by atoms with Crippen LogP contribution in [0.15, 0.2) is 12.3 Å². The normalized spacial score (nSPS) is 15.5. The molecular formula is C13H19N5. The zero-order valence-electron chi connectivity index (χ0n) is 10.6. The average Bonchev–Trinajstić information content (AvgIpc) is 2.89. The van der Waals surface area contributed by atoms with Crippen molar-refractivity contribution in [3.63, 3.8) is 0 Å². The standard InChI is InChI=1S/C13H19N5/c14-6-4-12-5-8-16-13(17-12)15-7-3-11-18-9-1-2-10-18/h5,8H,1-4,7,9-11H2,(H,15,16,17). The van der Waals surface area contributed by atoms with E-state index in [-0.39, 0.29) is 0 Å². The molecule has 1 aromatic heterocycles. The number of anilines is 1. The molecule has 5 nitrogen and oxygen atoms in total. The van der Waals surface area contributed by atoms with E-state index in [1.165, 1.54) is 25.9 Å². The summed E-state index contributed by atoms with van der Waals surface area (Å²) in [5.41, 5.74) is 0.773. The molecule has 0 amide bonds. The van der Waals surface area contributed by atoms with Crippen LogP contribution in [-0.4, -0.2) is 41.0 Å². The first-order chi connectivity index (χ1) is 8.88. The van der Waals surface area contributed by atoms with Gasteiger partial charge in [0.25, 0.3) is 0 Å². The van der Waals surface area contributed by atoms with Gasteiger partial charge in [-0.2, -0.15) is 5.26 Å². The third-order valence-electron chi connectivity index (χ3n) is 3.11. The molecule has 0 saturated carbocycles. The molecule has 0 aromatic carbocycles. The fraction of sp³-hybridized carbons (Fsp3) is 0.615. The van der Waals surface area contributed by atoms with E-state index in [2.05, 4.69) is 26.3 Å². The van der Waals surface area contributed by atoms with Crippen molar-refractivity contribution in [2.75, 3.05) is 31.5 Å². The lowest BCUT2D eigenvalue weighted by molar-refractivity contribution is 0.337. The van der Waals surface area contributed by atoms with E-state index in [1.54, 1.807) is 12.3 Å². The van der Waals surface area contributed by atoms with Crippen molar-refractivity contribution < 1.29 is 0 Å². The zero-order valence-corrected chi connectivity index (χ0v) is 10.6. The van der Waals surface area contributed by atoms with Crippen molar-refractivity contribution in [1.29, 1.82) is 5.26 Å². The average molecular weight is 245 g/mol. The Morgan fingerprint density at radius 1 is 1.39 bits per heavy atom. The van der Waals surface area contributed by atoms with Crippen LogP contribution in [0.3, 0.4) is 0 Å². The van der Waals surface area contributed by atoms with Crippen molar-refractivity contribution in [2.24, 2.45) is 0 Å². The quantitative estimate of drug-likeness (QED) is 0.768. The van der Waals surface area contributed by atoms with E-state index in [0.29, 0.717) is 12.4 Å². The van der Waals surface area contributed by atoms with Gasteiger partial charge in [0.05, 0.1) is 18.2 Å². The maximum Gasteiger partial charge on any atom is 0.222 e. The second-order valence-corrected chi connectivity index (χ2v) is 4.54. The number of nitrogens with zero attached hydrogens (tertiary/aromatic N) is 4. The minimum absolute atomic E-state index is 0.338. The highest BCUT2D eigenvalue weighted by Gasteiger charge is 2.10. The number of hydrogen-bond donors (Lipinski definition) is 1. The number of rotatable bonds is 6. The summed E-state index contributed by atoms with van der Waals surface area (Å²) < 4.78 is 0. The summed E-state index contributed by atoms with van der Waals surface area (Å²) in [4.78, 5) is 10.9. The van der Waals surface area contributed by atoms with Gasteiger partial charge >= 0.3 is 0 Å². The van der Waals surface area contributed by atoms with Gasteiger partial charge < -0.3 is 10.2 Å². The molecule has 1 fully saturated rings. The van der Waals surface area contributed by atoms with Gasteiger partial charge in [-0.15, -0.1) is 0 Å². The number of likely N-dealkylation sites (tertiary alicyclic amines) is 1. The second-order valence-electron chi connectivity index (χ2n) is 4.54. The van der Waals surface area contributed by atoms with Crippen LogP contribution in [0, 0.1) is 11.3 Å². The molecule has 96 valence electrons. The molecule has 1 saturated heterocycles. The molecule has 0 atom stereocenters. The molecule has 0 spiro atoms. The highest BCUT2D eigenvalue weighted by Crippen LogP contribution is 2.07. The lowest BCUT2D eigenvalue weighted by Gasteiger charge is -2.14. The maximum absolute atomic E-state index is 8.61. The minimum Gasteiger partial charge on any atom is -0.354 e. The van der Waals surface area contributed by atoms with Crippen LogP contribution in [0.25, 0.3) is 0 Å². The Kier molecular flexibility index (Phi) is 4.91. The molecule has 1 aliphatic heterocycles. The van der Waals surface area contributed by atoms with Crippen LogP contribution >= 0.6 is 0 Å². The van der Waals surface area contributed by atoms with E-state index >= 15 is 0 Å². The monoisotopic (exact) mass is 245 g/mol. The molecular weight excluding hydrogens is 226 g/mol. The lowest BCUT2D eigenvalue weighted by atomic mass is 10.3. The molecule has 18 heavy (non-hydrogen) atoms. The van der Waals surface area contributed by atoms with Crippen LogP contribution in [-0.2, 0) is 6.42 Å². The molecule has 0 aliphatic carbocycles. The molecule has 0 unspecified atom stereocenters. The number of nitrogens with one attached hydrogen (secondary N) is 1. The highest BCUT2D eigenvalue weighted by atomic mass is 15.1. The first kappa shape index (κ1) is 12.8. The summed E-state index contributed by atoms with van der Waals surface area (Å²) in [5, 5.41) is 11.8. The molecule has 2 heterocycles. The molecule has 1 aliphatic rings. The summed E-state index contributed by atoms with van der Waals surface area (Å²) in [6.45, 7) is 4.51. The molecule has 1 aromatic rings. The fourth-order valence-corrected chi connectivity index (χ4v) is 2.17. The Balaban J connectivity index is 1.69. The minimum atomic E-state index is 0.338. The summed E-state index contributed by atoms with van der Waals surface area (Å²) in [6, 6.07) is 3.87. The Hall–Kier alpha value is -1.67. The summed E-state index contributed by atoms with van der Waals surface area (Å²) >= 11 is 0. The largest absolute Gasteiger partial charge is 0.354 e. The van der Waals surface area contributed by atoms with E-state index in [4.69, 9.17) is 5.26 Å². The van der Waals surface area contributed by atoms with Crippen LogP contribution < -0.4 is 5.32 Å². The lowest BCUT2D eigenvalue weighted by Crippen LogP contribution is -2.22. The van der Waals surface area contributed by atoms with E-state index in [0.717, 1.165) is 25.2 Å². The van der Waals surface area contributed by atoms with E-state index < -0.39 is 0 Å². The Labute approximate surface area is 108 Å². The van der Waals surface area contributed by atoms with Gasteiger partial charge in [-0.25, -0.2) is 9.97 Å². The third kappa shape index (κ3) is 3.97. The third-order valence-corrected chi connectivity index (χ3v) is 3.11. The van der Waals surface area contributed by atoms with Crippen molar-refractivity contribution in [2.45, 2.75) is 25.7 Å². The Bertz CT molecular complexity index is 406. The maximum atomic E-state index is 8.61. The van der Waals surface area contributed by atoms with Gasteiger partial charge in [-0.05, 0) is 45.0 Å². The molecule has 2 rings (SSSR count). The molecule has 1 N–H and O–H groups in total. The first-order valence-electron chi connectivity index (χ1n) is 6.53. The highest BCUT2D eigenvalue weighted by molar-refractivity contribution is 5.25. The predicted octanol–water partition coefficient (Wildman–Crippen LogP) is 1.44. The topological polar surface area (TPSA) is 64.8 Å². The summed E-state index contributed by atoms with van der Waals surface area (Å²) in [5.74, 6) is 0.629. The van der Waals surface area contributed by atoms with Crippen LogP contribution in [0.5, 0.6) is 0 Å².